The van der Waals surface area contributed by atoms with E-state index in [0.29, 0.717) is 30.6 Å². The Morgan fingerprint density at radius 1 is 1.03 bits per heavy atom. The van der Waals surface area contributed by atoms with Crippen molar-refractivity contribution in [2.24, 2.45) is 5.41 Å². The number of ether oxygens (including phenoxy) is 1. The highest BCUT2D eigenvalue weighted by Gasteiger charge is 2.48. The Kier molecular flexibility index (Phi) is 8.55. The van der Waals surface area contributed by atoms with Crippen molar-refractivity contribution in [2.75, 3.05) is 26.7 Å². The van der Waals surface area contributed by atoms with Crippen LogP contribution in [-0.2, 0) is 20.7 Å². The van der Waals surface area contributed by atoms with Crippen LogP contribution < -0.4 is 5.32 Å². The molecule has 4 rings (SSSR count). The van der Waals surface area contributed by atoms with Gasteiger partial charge in [-0.25, -0.2) is 0 Å². The number of benzene rings is 3. The van der Waals surface area contributed by atoms with Gasteiger partial charge >= 0.3 is 5.97 Å². The summed E-state index contributed by atoms with van der Waals surface area (Å²) in [4.78, 5) is 40.7. The fourth-order valence-electron chi connectivity index (χ4n) is 4.89. The molecule has 0 radical (unpaired) electrons. The summed E-state index contributed by atoms with van der Waals surface area (Å²) in [7, 11) is 1.31. The van der Waals surface area contributed by atoms with Crippen LogP contribution in [0.15, 0.2) is 78.9 Å². The van der Waals surface area contributed by atoms with Crippen LogP contribution >= 0.6 is 0 Å². The number of nitrogens with one attached hydrogen (secondary N) is 1. The van der Waals surface area contributed by atoms with Gasteiger partial charge in [-0.3, -0.25) is 14.4 Å². The summed E-state index contributed by atoms with van der Waals surface area (Å²) in [5, 5.41) is 11.9. The number of rotatable bonds is 10. The highest BCUT2D eigenvalue weighted by atomic mass is 16.5. The van der Waals surface area contributed by atoms with E-state index in [1.807, 2.05) is 36.4 Å². The van der Waals surface area contributed by atoms with Crippen LogP contribution in [0.4, 0.5) is 0 Å². The SMILES string of the molecule is COC(=O)CC1(CNC(=O)c2cccc(-c3ccc(C#N)cc3)c2)CCN(CCCc2ccccc2)C1=O. The fraction of sp³-hybridized carbons (Fsp3) is 0.290. The van der Waals surface area contributed by atoms with E-state index in [0.717, 1.165) is 24.0 Å². The first-order valence-corrected chi connectivity index (χ1v) is 12.7. The molecule has 1 saturated heterocycles. The van der Waals surface area contributed by atoms with Crippen LogP contribution in [0.3, 0.4) is 0 Å². The van der Waals surface area contributed by atoms with E-state index in [9.17, 15) is 14.4 Å². The maximum atomic E-state index is 13.5. The molecule has 0 bridgehead atoms. The molecule has 0 spiro atoms. The molecule has 1 aliphatic heterocycles. The number of aryl methyl sites for hydroxylation is 1. The zero-order valence-electron chi connectivity index (χ0n) is 21.5. The second-order valence-electron chi connectivity index (χ2n) is 9.62. The largest absolute Gasteiger partial charge is 0.469 e. The molecule has 1 fully saturated rings. The Bertz CT molecular complexity index is 1330. The second kappa shape index (κ2) is 12.2. The number of esters is 1. The number of amides is 2. The fourth-order valence-corrected chi connectivity index (χ4v) is 4.89. The van der Waals surface area contributed by atoms with Crippen molar-refractivity contribution in [3.8, 4) is 17.2 Å². The van der Waals surface area contributed by atoms with Crippen molar-refractivity contribution in [3.63, 3.8) is 0 Å². The number of nitriles is 1. The monoisotopic (exact) mass is 509 g/mol. The van der Waals surface area contributed by atoms with Gasteiger partial charge in [0.2, 0.25) is 5.91 Å². The number of methoxy groups -OCH3 is 1. The number of likely N-dealkylation sites (tertiary alicyclic amines) is 1. The first kappa shape index (κ1) is 26.6. The van der Waals surface area contributed by atoms with Gasteiger partial charge in [0.15, 0.2) is 0 Å². The van der Waals surface area contributed by atoms with Crippen LogP contribution in [0, 0.1) is 16.7 Å². The summed E-state index contributed by atoms with van der Waals surface area (Å²) in [6.07, 6.45) is 2.07. The molecule has 2 amide bonds. The van der Waals surface area contributed by atoms with Crippen molar-refractivity contribution in [1.82, 2.24) is 10.2 Å². The van der Waals surface area contributed by atoms with E-state index in [1.165, 1.54) is 12.7 Å². The smallest absolute Gasteiger partial charge is 0.306 e. The Morgan fingerprint density at radius 3 is 2.50 bits per heavy atom. The molecule has 1 atom stereocenters. The van der Waals surface area contributed by atoms with E-state index in [4.69, 9.17) is 10.00 Å². The molecule has 7 nitrogen and oxygen atoms in total. The lowest BCUT2D eigenvalue weighted by Crippen LogP contribution is -2.45. The quantitative estimate of drug-likeness (QED) is 0.409. The third-order valence-electron chi connectivity index (χ3n) is 7.11. The predicted molar refractivity (Wildman–Crippen MR) is 144 cm³/mol. The first-order valence-electron chi connectivity index (χ1n) is 12.7. The minimum absolute atomic E-state index is 0.0516. The highest BCUT2D eigenvalue weighted by molar-refractivity contribution is 5.96. The predicted octanol–water partition coefficient (Wildman–Crippen LogP) is 4.37. The van der Waals surface area contributed by atoms with E-state index in [1.54, 1.807) is 35.2 Å². The Labute approximate surface area is 223 Å². The second-order valence-corrected chi connectivity index (χ2v) is 9.62. The molecule has 0 aliphatic carbocycles. The summed E-state index contributed by atoms with van der Waals surface area (Å²) < 4.78 is 4.89. The average Bonchev–Trinajstić information content (AvgIpc) is 3.26. The minimum atomic E-state index is -1.03. The van der Waals surface area contributed by atoms with E-state index in [2.05, 4.69) is 23.5 Å². The van der Waals surface area contributed by atoms with Crippen molar-refractivity contribution in [2.45, 2.75) is 25.7 Å². The third-order valence-corrected chi connectivity index (χ3v) is 7.11. The molecule has 38 heavy (non-hydrogen) atoms. The molecule has 1 unspecified atom stereocenters. The number of carbonyl (C=O) groups excluding carboxylic acids is 3. The average molecular weight is 510 g/mol. The van der Waals surface area contributed by atoms with Crippen LogP contribution in [0.2, 0.25) is 0 Å². The molecule has 7 heteroatoms. The molecule has 1 aliphatic rings. The zero-order chi connectivity index (χ0) is 27.0. The van der Waals surface area contributed by atoms with Gasteiger partial charge in [-0.15, -0.1) is 0 Å². The molecule has 1 N–H and O–H groups in total. The molecule has 3 aromatic rings. The molecule has 3 aromatic carbocycles. The lowest BCUT2D eigenvalue weighted by atomic mass is 9.82. The van der Waals surface area contributed by atoms with Crippen molar-refractivity contribution >= 4 is 17.8 Å². The van der Waals surface area contributed by atoms with Gasteiger partial charge in [0.05, 0.1) is 30.6 Å². The molecule has 0 aromatic heterocycles. The van der Waals surface area contributed by atoms with E-state index < -0.39 is 11.4 Å². The lowest BCUT2D eigenvalue weighted by molar-refractivity contribution is -0.148. The highest BCUT2D eigenvalue weighted by Crippen LogP contribution is 2.36. The summed E-state index contributed by atoms with van der Waals surface area (Å²) in [5.74, 6) is -0.913. The molecule has 194 valence electrons. The van der Waals surface area contributed by atoms with Crippen LogP contribution in [0.1, 0.15) is 40.7 Å². The molecular formula is C31H31N3O4. The molecular weight excluding hydrogens is 478 g/mol. The number of nitrogens with zero attached hydrogens (tertiary/aromatic N) is 2. The summed E-state index contributed by atoms with van der Waals surface area (Å²) in [6.45, 7) is 1.18. The maximum absolute atomic E-state index is 13.5. The summed E-state index contributed by atoms with van der Waals surface area (Å²) in [5.41, 5.74) is 2.93. The van der Waals surface area contributed by atoms with Gasteiger partial charge in [0.1, 0.15) is 0 Å². The third kappa shape index (κ3) is 6.27. The van der Waals surface area contributed by atoms with E-state index >= 15 is 0 Å². The Morgan fingerprint density at radius 2 is 1.79 bits per heavy atom. The maximum Gasteiger partial charge on any atom is 0.306 e. The number of hydrogen-bond donors (Lipinski definition) is 1. The molecule has 1 heterocycles. The number of hydrogen-bond acceptors (Lipinski definition) is 5. The Hall–Kier alpha value is -4.44. The summed E-state index contributed by atoms with van der Waals surface area (Å²) >= 11 is 0. The van der Waals surface area contributed by atoms with E-state index in [-0.39, 0.29) is 24.8 Å². The number of carbonyl (C=O) groups is 3. The van der Waals surface area contributed by atoms with Gasteiger partial charge in [-0.2, -0.15) is 5.26 Å². The summed E-state index contributed by atoms with van der Waals surface area (Å²) in [6, 6.07) is 26.5. The van der Waals surface area contributed by atoms with Crippen LogP contribution in [-0.4, -0.2) is 49.4 Å². The van der Waals surface area contributed by atoms with Crippen LogP contribution in [0.25, 0.3) is 11.1 Å². The normalized spacial score (nSPS) is 16.6. The van der Waals surface area contributed by atoms with Crippen molar-refractivity contribution < 1.29 is 19.1 Å². The van der Waals surface area contributed by atoms with Gasteiger partial charge in [0, 0.05) is 25.2 Å². The lowest BCUT2D eigenvalue weighted by Gasteiger charge is -2.27. The van der Waals surface area contributed by atoms with Gasteiger partial charge in [-0.1, -0.05) is 54.6 Å². The first-order chi connectivity index (χ1) is 18.4. The van der Waals surface area contributed by atoms with Crippen LogP contribution in [0.5, 0.6) is 0 Å². The van der Waals surface area contributed by atoms with Crippen molar-refractivity contribution in [1.29, 1.82) is 5.26 Å². The molecule has 0 saturated carbocycles. The van der Waals surface area contributed by atoms with Gasteiger partial charge in [-0.05, 0) is 60.2 Å². The standard InChI is InChI=1S/C31H31N3O4/c1-38-28(35)20-31(16-18-34(30(31)37)17-6-9-23-7-3-2-4-8-23)22-33-29(36)27-11-5-10-26(19-27)25-14-12-24(21-32)13-15-25/h2-5,7-8,10-15,19H,6,9,16-18,20,22H2,1H3,(H,33,36). The zero-order valence-corrected chi connectivity index (χ0v) is 21.5. The minimum Gasteiger partial charge on any atom is -0.469 e. The van der Waals surface area contributed by atoms with Gasteiger partial charge < -0.3 is 15.0 Å². The van der Waals surface area contributed by atoms with Gasteiger partial charge in [0.25, 0.3) is 5.91 Å². The van der Waals surface area contributed by atoms with Crippen molar-refractivity contribution in [3.05, 3.63) is 95.6 Å². The Balaban J connectivity index is 1.42. The topological polar surface area (TPSA) is 99.5 Å².